The molecule has 0 bridgehead atoms. The van der Waals surface area contributed by atoms with Gasteiger partial charge in [-0.1, -0.05) is 13.3 Å². The molecule has 2 aromatic rings. The lowest BCUT2D eigenvalue weighted by Crippen LogP contribution is -2.14. The molecule has 0 unspecified atom stereocenters. The third-order valence-electron chi connectivity index (χ3n) is 4.40. The summed E-state index contributed by atoms with van der Waals surface area (Å²) in [6.07, 6.45) is 2.72. The monoisotopic (exact) mass is 372 g/mol. The van der Waals surface area contributed by atoms with Crippen LogP contribution in [-0.4, -0.2) is 27.8 Å². The molecule has 0 aliphatic heterocycles. The van der Waals surface area contributed by atoms with Gasteiger partial charge in [0.1, 0.15) is 0 Å². The number of carbonyl (C=O) groups excluding carboxylic acids is 2. The highest BCUT2D eigenvalue weighted by Gasteiger charge is 2.22. The van der Waals surface area contributed by atoms with Crippen molar-refractivity contribution < 1.29 is 19.2 Å². The lowest BCUT2D eigenvalue weighted by atomic mass is 10.0. The van der Waals surface area contributed by atoms with E-state index in [1.54, 1.807) is 18.5 Å². The molecular formula is C20H24N2O5. The predicted molar refractivity (Wildman–Crippen MR) is 101 cm³/mol. The van der Waals surface area contributed by atoms with Gasteiger partial charge < -0.3 is 9.30 Å². The van der Waals surface area contributed by atoms with E-state index in [0.717, 1.165) is 24.8 Å². The molecule has 7 nitrogen and oxygen atoms in total. The quantitative estimate of drug-likeness (QED) is 0.290. The highest BCUT2D eigenvalue weighted by atomic mass is 16.6. The van der Waals surface area contributed by atoms with Crippen LogP contribution >= 0.6 is 0 Å². The SMILES string of the molecule is CCCCc1cc(CC(=O)OCC)n(C)c1C(=O)c1ccc([N+](=O)[O-])cc1. The van der Waals surface area contributed by atoms with E-state index in [1.165, 1.54) is 24.3 Å². The van der Waals surface area contributed by atoms with E-state index in [-0.39, 0.29) is 23.9 Å². The van der Waals surface area contributed by atoms with Gasteiger partial charge in [0.15, 0.2) is 0 Å². The van der Waals surface area contributed by atoms with Crippen molar-refractivity contribution in [1.82, 2.24) is 4.57 Å². The van der Waals surface area contributed by atoms with Crippen LogP contribution < -0.4 is 0 Å². The number of carbonyl (C=O) groups is 2. The Kier molecular flexibility index (Phi) is 6.87. The number of aryl methyl sites for hydroxylation is 1. The molecule has 0 atom stereocenters. The van der Waals surface area contributed by atoms with Crippen LogP contribution in [0.3, 0.4) is 0 Å². The van der Waals surface area contributed by atoms with Crippen LogP contribution in [-0.2, 0) is 29.4 Å². The minimum absolute atomic E-state index is 0.0624. The number of ketones is 1. The molecule has 0 N–H and O–H groups in total. The maximum absolute atomic E-state index is 13.1. The topological polar surface area (TPSA) is 91.4 Å². The number of hydrogen-bond acceptors (Lipinski definition) is 5. The van der Waals surface area contributed by atoms with Gasteiger partial charge in [-0.2, -0.15) is 0 Å². The van der Waals surface area contributed by atoms with Crippen LogP contribution in [0.2, 0.25) is 0 Å². The summed E-state index contributed by atoms with van der Waals surface area (Å²) in [5.41, 5.74) is 2.42. The number of nitro benzene ring substituents is 1. The summed E-state index contributed by atoms with van der Waals surface area (Å²) in [5, 5.41) is 10.8. The molecule has 0 saturated heterocycles. The molecule has 1 heterocycles. The minimum atomic E-state index is -0.499. The van der Waals surface area contributed by atoms with E-state index < -0.39 is 4.92 Å². The van der Waals surface area contributed by atoms with Crippen molar-refractivity contribution in [3.05, 3.63) is 63.0 Å². The van der Waals surface area contributed by atoms with Crippen molar-refractivity contribution in [2.24, 2.45) is 7.05 Å². The van der Waals surface area contributed by atoms with Gasteiger partial charge >= 0.3 is 5.97 Å². The average molecular weight is 372 g/mol. The second kappa shape index (κ2) is 9.12. The van der Waals surface area contributed by atoms with Gasteiger partial charge in [0.2, 0.25) is 5.78 Å². The van der Waals surface area contributed by atoms with Crippen molar-refractivity contribution in [2.75, 3.05) is 6.61 Å². The van der Waals surface area contributed by atoms with Crippen LogP contribution in [0, 0.1) is 10.1 Å². The third-order valence-corrected chi connectivity index (χ3v) is 4.40. The largest absolute Gasteiger partial charge is 0.466 e. The molecule has 0 saturated carbocycles. The Bertz CT molecular complexity index is 837. The average Bonchev–Trinajstić information content (AvgIpc) is 2.95. The fourth-order valence-electron chi connectivity index (χ4n) is 2.98. The van der Waals surface area contributed by atoms with Gasteiger partial charge in [-0.05, 0) is 43.5 Å². The Morgan fingerprint density at radius 3 is 2.41 bits per heavy atom. The van der Waals surface area contributed by atoms with Gasteiger partial charge in [0.05, 0.1) is 23.6 Å². The Hall–Kier alpha value is -2.96. The van der Waals surface area contributed by atoms with E-state index >= 15 is 0 Å². The molecular weight excluding hydrogens is 348 g/mol. The third kappa shape index (κ3) is 4.81. The van der Waals surface area contributed by atoms with Crippen LogP contribution in [0.4, 0.5) is 5.69 Å². The maximum atomic E-state index is 13.1. The molecule has 7 heteroatoms. The number of aromatic nitrogens is 1. The summed E-state index contributed by atoms with van der Waals surface area (Å²) in [4.78, 5) is 35.2. The molecule has 0 radical (unpaired) electrons. The highest BCUT2D eigenvalue weighted by Crippen LogP contribution is 2.23. The van der Waals surface area contributed by atoms with E-state index in [1.807, 2.05) is 6.07 Å². The molecule has 1 aromatic heterocycles. The van der Waals surface area contributed by atoms with Gasteiger partial charge in [-0.15, -0.1) is 0 Å². The summed E-state index contributed by atoms with van der Waals surface area (Å²) >= 11 is 0. The zero-order chi connectivity index (χ0) is 20.0. The second-order valence-corrected chi connectivity index (χ2v) is 6.29. The van der Waals surface area contributed by atoms with Crippen molar-refractivity contribution >= 4 is 17.4 Å². The Balaban J connectivity index is 2.39. The molecule has 0 aliphatic carbocycles. The Morgan fingerprint density at radius 1 is 1.19 bits per heavy atom. The number of unbranched alkanes of at least 4 members (excludes halogenated alkanes) is 1. The van der Waals surface area contributed by atoms with E-state index in [2.05, 4.69) is 6.92 Å². The number of benzene rings is 1. The predicted octanol–water partition coefficient (Wildman–Crippen LogP) is 3.61. The van der Waals surface area contributed by atoms with Gasteiger partial charge in [-0.25, -0.2) is 0 Å². The molecule has 2 rings (SSSR count). The molecule has 0 amide bonds. The van der Waals surface area contributed by atoms with E-state index in [9.17, 15) is 19.7 Å². The Morgan fingerprint density at radius 2 is 1.85 bits per heavy atom. The number of rotatable bonds is 9. The number of esters is 1. The number of ether oxygens (including phenoxy) is 1. The van der Waals surface area contributed by atoms with E-state index in [0.29, 0.717) is 23.6 Å². The lowest BCUT2D eigenvalue weighted by molar-refractivity contribution is -0.384. The minimum Gasteiger partial charge on any atom is -0.466 e. The maximum Gasteiger partial charge on any atom is 0.311 e. The number of non-ortho nitro benzene ring substituents is 1. The van der Waals surface area contributed by atoms with Gasteiger partial charge in [0, 0.05) is 30.4 Å². The van der Waals surface area contributed by atoms with Crippen LogP contribution in [0.25, 0.3) is 0 Å². The van der Waals surface area contributed by atoms with Crippen molar-refractivity contribution in [2.45, 2.75) is 39.5 Å². The van der Waals surface area contributed by atoms with Crippen molar-refractivity contribution in [1.29, 1.82) is 0 Å². The zero-order valence-electron chi connectivity index (χ0n) is 15.9. The first-order valence-corrected chi connectivity index (χ1v) is 9.01. The summed E-state index contributed by atoms with van der Waals surface area (Å²) in [5.74, 6) is -0.553. The van der Waals surface area contributed by atoms with Crippen LogP contribution in [0.1, 0.15) is 54.0 Å². The molecule has 0 fully saturated rings. The molecule has 27 heavy (non-hydrogen) atoms. The van der Waals surface area contributed by atoms with E-state index in [4.69, 9.17) is 4.74 Å². The fraction of sp³-hybridized carbons (Fsp3) is 0.400. The number of nitrogens with zero attached hydrogens (tertiary/aromatic N) is 2. The number of nitro groups is 1. The lowest BCUT2D eigenvalue weighted by Gasteiger charge is -2.09. The molecule has 0 spiro atoms. The standard InChI is InChI=1S/C20H24N2O5/c1-4-6-7-15-12-17(13-18(23)27-5-2)21(3)19(15)20(24)14-8-10-16(11-9-14)22(25)26/h8-12H,4-7,13H2,1-3H3. The first-order chi connectivity index (χ1) is 12.9. The first-order valence-electron chi connectivity index (χ1n) is 9.01. The van der Waals surface area contributed by atoms with Gasteiger partial charge in [0.25, 0.3) is 5.69 Å². The smallest absolute Gasteiger partial charge is 0.311 e. The summed E-state index contributed by atoms with van der Waals surface area (Å²) in [6.45, 7) is 4.12. The van der Waals surface area contributed by atoms with Gasteiger partial charge in [-0.3, -0.25) is 19.7 Å². The first kappa shape index (κ1) is 20.4. The number of hydrogen-bond donors (Lipinski definition) is 0. The molecule has 144 valence electrons. The van der Waals surface area contributed by atoms with Crippen LogP contribution in [0.5, 0.6) is 0 Å². The zero-order valence-corrected chi connectivity index (χ0v) is 15.9. The Labute approximate surface area is 158 Å². The molecule has 1 aromatic carbocycles. The second-order valence-electron chi connectivity index (χ2n) is 6.29. The molecule has 0 aliphatic rings. The summed E-state index contributed by atoms with van der Waals surface area (Å²) in [7, 11) is 1.75. The highest BCUT2D eigenvalue weighted by molar-refractivity contribution is 6.09. The summed E-state index contributed by atoms with van der Waals surface area (Å²) < 4.78 is 6.74. The fourth-order valence-corrected chi connectivity index (χ4v) is 2.98. The summed E-state index contributed by atoms with van der Waals surface area (Å²) in [6, 6.07) is 7.44. The van der Waals surface area contributed by atoms with Crippen LogP contribution in [0.15, 0.2) is 30.3 Å². The normalized spacial score (nSPS) is 10.6. The van der Waals surface area contributed by atoms with Crippen molar-refractivity contribution in [3.8, 4) is 0 Å². The van der Waals surface area contributed by atoms with Crippen molar-refractivity contribution in [3.63, 3.8) is 0 Å².